The van der Waals surface area contributed by atoms with E-state index in [1.54, 1.807) is 6.07 Å². The Morgan fingerprint density at radius 3 is 2.61 bits per heavy atom. The van der Waals surface area contributed by atoms with E-state index in [9.17, 15) is 9.18 Å². The van der Waals surface area contributed by atoms with E-state index in [2.05, 4.69) is 5.32 Å². The van der Waals surface area contributed by atoms with Crippen molar-refractivity contribution in [1.82, 2.24) is 5.32 Å². The van der Waals surface area contributed by atoms with Crippen LogP contribution in [0.2, 0.25) is 0 Å². The number of carbonyl (C=O) groups is 1. The Morgan fingerprint density at radius 1 is 1.17 bits per heavy atom. The molecular weight excluding hydrogens is 291 g/mol. The third-order valence-electron chi connectivity index (χ3n) is 3.75. The summed E-state index contributed by atoms with van der Waals surface area (Å²) in [6.07, 6.45) is 1.08. The second-order valence-corrected chi connectivity index (χ2v) is 5.96. The van der Waals surface area contributed by atoms with Crippen LogP contribution in [0.5, 0.6) is 0 Å². The fourth-order valence-electron chi connectivity index (χ4n) is 2.57. The van der Waals surface area contributed by atoms with Crippen LogP contribution >= 0.6 is 0 Å². The molecule has 4 heteroatoms. The summed E-state index contributed by atoms with van der Waals surface area (Å²) in [5, 5.41) is 2.87. The molecule has 0 aromatic heterocycles. The summed E-state index contributed by atoms with van der Waals surface area (Å²) < 4.78 is 13.2. The van der Waals surface area contributed by atoms with Crippen LogP contribution in [-0.2, 0) is 11.2 Å². The van der Waals surface area contributed by atoms with Gasteiger partial charge in [0.25, 0.3) is 0 Å². The Bertz CT molecular complexity index is 630. The van der Waals surface area contributed by atoms with Gasteiger partial charge in [0.15, 0.2) is 0 Å². The molecule has 2 unspecified atom stereocenters. The molecule has 2 aromatic rings. The molecule has 3 nitrogen and oxygen atoms in total. The predicted octanol–water partition coefficient (Wildman–Crippen LogP) is 3.21. The number of nitrogens with one attached hydrogen (secondary N) is 1. The van der Waals surface area contributed by atoms with Gasteiger partial charge in [-0.05, 0) is 35.6 Å². The molecule has 0 aliphatic rings. The lowest BCUT2D eigenvalue weighted by Gasteiger charge is -2.15. The van der Waals surface area contributed by atoms with E-state index >= 15 is 0 Å². The summed E-state index contributed by atoms with van der Waals surface area (Å²) in [6.45, 7) is 2.40. The summed E-state index contributed by atoms with van der Waals surface area (Å²) in [5.41, 5.74) is 7.97. The molecule has 122 valence electrons. The summed E-state index contributed by atoms with van der Waals surface area (Å²) in [4.78, 5) is 12.0. The molecule has 0 heterocycles. The van der Waals surface area contributed by atoms with E-state index in [-0.39, 0.29) is 23.7 Å². The maximum Gasteiger partial charge on any atom is 0.220 e. The number of hydrogen-bond donors (Lipinski definition) is 2. The van der Waals surface area contributed by atoms with Gasteiger partial charge in [-0.3, -0.25) is 4.79 Å². The largest absolute Gasteiger partial charge is 0.354 e. The third kappa shape index (κ3) is 5.83. The van der Waals surface area contributed by atoms with Crippen molar-refractivity contribution in [2.24, 2.45) is 11.7 Å². The highest BCUT2D eigenvalue weighted by Gasteiger charge is 2.12. The van der Waals surface area contributed by atoms with Gasteiger partial charge in [-0.1, -0.05) is 49.4 Å². The molecule has 2 atom stereocenters. The van der Waals surface area contributed by atoms with Crippen LogP contribution in [-0.4, -0.2) is 12.5 Å². The molecule has 0 saturated carbocycles. The Kier molecular flexibility index (Phi) is 6.29. The van der Waals surface area contributed by atoms with Crippen molar-refractivity contribution < 1.29 is 9.18 Å². The average Bonchev–Trinajstić information content (AvgIpc) is 2.53. The molecule has 0 bridgehead atoms. The Hall–Kier alpha value is -2.20. The lowest BCUT2D eigenvalue weighted by Crippen LogP contribution is -2.32. The van der Waals surface area contributed by atoms with Gasteiger partial charge in [-0.25, -0.2) is 4.39 Å². The maximum absolute atomic E-state index is 13.2. The molecule has 2 rings (SSSR count). The molecule has 3 N–H and O–H groups in total. The van der Waals surface area contributed by atoms with Crippen LogP contribution in [0.15, 0.2) is 54.6 Å². The van der Waals surface area contributed by atoms with Gasteiger partial charge >= 0.3 is 0 Å². The number of hydrogen-bond acceptors (Lipinski definition) is 2. The zero-order chi connectivity index (χ0) is 16.7. The zero-order valence-corrected chi connectivity index (χ0v) is 13.3. The van der Waals surface area contributed by atoms with Gasteiger partial charge in [-0.15, -0.1) is 0 Å². The Labute approximate surface area is 136 Å². The number of halogens is 1. The summed E-state index contributed by atoms with van der Waals surface area (Å²) in [6, 6.07) is 16.0. The van der Waals surface area contributed by atoms with Gasteiger partial charge in [-0.2, -0.15) is 0 Å². The fraction of sp³-hybridized carbons (Fsp3) is 0.316. The molecule has 0 radical (unpaired) electrons. The normalized spacial score (nSPS) is 13.3. The van der Waals surface area contributed by atoms with Crippen LogP contribution in [0.1, 0.15) is 30.5 Å². The fourth-order valence-corrected chi connectivity index (χ4v) is 2.57. The standard InChI is InChI=1S/C19H23FN2O/c1-14(10-15-6-5-9-17(20)12-15)11-19(23)22-13-18(21)16-7-3-2-4-8-16/h2-9,12,14,18H,10-11,13,21H2,1H3,(H,22,23). The summed E-state index contributed by atoms with van der Waals surface area (Å²) in [7, 11) is 0. The monoisotopic (exact) mass is 314 g/mol. The van der Waals surface area contributed by atoms with Gasteiger partial charge in [0.1, 0.15) is 5.82 Å². The first-order valence-electron chi connectivity index (χ1n) is 7.86. The predicted molar refractivity (Wildman–Crippen MR) is 90.3 cm³/mol. The molecular formula is C19H23FN2O. The molecule has 0 aliphatic carbocycles. The Balaban J connectivity index is 1.76. The first-order valence-corrected chi connectivity index (χ1v) is 7.86. The highest BCUT2D eigenvalue weighted by Crippen LogP contribution is 2.13. The number of rotatable bonds is 7. The number of benzene rings is 2. The van der Waals surface area contributed by atoms with Crippen LogP contribution in [0, 0.1) is 11.7 Å². The van der Waals surface area contributed by atoms with Crippen molar-refractivity contribution in [1.29, 1.82) is 0 Å². The molecule has 0 aliphatic heterocycles. The van der Waals surface area contributed by atoms with Crippen molar-refractivity contribution in [2.75, 3.05) is 6.54 Å². The quantitative estimate of drug-likeness (QED) is 0.824. The molecule has 1 amide bonds. The van der Waals surface area contributed by atoms with Crippen molar-refractivity contribution in [3.8, 4) is 0 Å². The van der Waals surface area contributed by atoms with E-state index in [0.717, 1.165) is 11.1 Å². The van der Waals surface area contributed by atoms with E-state index in [1.165, 1.54) is 12.1 Å². The SMILES string of the molecule is CC(CC(=O)NCC(N)c1ccccc1)Cc1cccc(F)c1. The Morgan fingerprint density at radius 2 is 1.91 bits per heavy atom. The highest BCUT2D eigenvalue weighted by atomic mass is 19.1. The van der Waals surface area contributed by atoms with Gasteiger partial charge in [0.2, 0.25) is 5.91 Å². The van der Waals surface area contributed by atoms with Crippen molar-refractivity contribution >= 4 is 5.91 Å². The van der Waals surface area contributed by atoms with Gasteiger partial charge in [0.05, 0.1) is 0 Å². The van der Waals surface area contributed by atoms with E-state index in [1.807, 2.05) is 43.3 Å². The average molecular weight is 314 g/mol. The number of carbonyl (C=O) groups excluding carboxylic acids is 1. The van der Waals surface area contributed by atoms with E-state index in [4.69, 9.17) is 5.73 Å². The van der Waals surface area contributed by atoms with Crippen LogP contribution < -0.4 is 11.1 Å². The summed E-state index contributed by atoms with van der Waals surface area (Å²) >= 11 is 0. The second-order valence-electron chi connectivity index (χ2n) is 5.96. The minimum atomic E-state index is -0.243. The topological polar surface area (TPSA) is 55.1 Å². The zero-order valence-electron chi connectivity index (χ0n) is 13.3. The lowest BCUT2D eigenvalue weighted by molar-refractivity contribution is -0.121. The highest BCUT2D eigenvalue weighted by molar-refractivity contribution is 5.76. The van der Waals surface area contributed by atoms with Gasteiger partial charge in [0, 0.05) is 19.0 Å². The third-order valence-corrected chi connectivity index (χ3v) is 3.75. The maximum atomic E-state index is 13.2. The van der Waals surface area contributed by atoms with E-state index < -0.39 is 0 Å². The second kappa shape index (κ2) is 8.44. The van der Waals surface area contributed by atoms with Gasteiger partial charge < -0.3 is 11.1 Å². The van der Waals surface area contributed by atoms with Crippen molar-refractivity contribution in [2.45, 2.75) is 25.8 Å². The minimum absolute atomic E-state index is 0.0275. The van der Waals surface area contributed by atoms with Crippen LogP contribution in [0.3, 0.4) is 0 Å². The smallest absolute Gasteiger partial charge is 0.220 e. The first kappa shape index (κ1) is 17.2. The summed E-state index contributed by atoms with van der Waals surface area (Å²) in [5.74, 6) is -0.127. The number of nitrogens with two attached hydrogens (primary N) is 1. The van der Waals surface area contributed by atoms with Crippen molar-refractivity contribution in [3.63, 3.8) is 0 Å². The van der Waals surface area contributed by atoms with E-state index in [0.29, 0.717) is 19.4 Å². The minimum Gasteiger partial charge on any atom is -0.354 e. The molecule has 23 heavy (non-hydrogen) atoms. The van der Waals surface area contributed by atoms with Crippen molar-refractivity contribution in [3.05, 3.63) is 71.5 Å². The first-order chi connectivity index (χ1) is 11.0. The molecule has 0 fully saturated rings. The lowest BCUT2D eigenvalue weighted by atomic mass is 9.97. The molecule has 0 saturated heterocycles. The van der Waals surface area contributed by atoms with Crippen LogP contribution in [0.4, 0.5) is 4.39 Å². The molecule has 0 spiro atoms. The van der Waals surface area contributed by atoms with Crippen LogP contribution in [0.25, 0.3) is 0 Å². The number of amides is 1. The molecule has 2 aromatic carbocycles.